The summed E-state index contributed by atoms with van der Waals surface area (Å²) in [5.74, 6) is 1.82. The van der Waals surface area contributed by atoms with Crippen LogP contribution in [0, 0.1) is 0 Å². The van der Waals surface area contributed by atoms with E-state index in [1.165, 1.54) is 5.56 Å². The van der Waals surface area contributed by atoms with Crippen LogP contribution < -0.4 is 15.0 Å². The van der Waals surface area contributed by atoms with E-state index in [2.05, 4.69) is 43.2 Å². The smallest absolute Gasteiger partial charge is 0.252 e. The first-order valence-electron chi connectivity index (χ1n) is 10.2. The number of nitrogens with one attached hydrogen (secondary N) is 1. The number of ether oxygens (including phenoxy) is 1. The predicted molar refractivity (Wildman–Crippen MR) is 117 cm³/mol. The highest BCUT2D eigenvalue weighted by atomic mass is 16.5. The molecular formula is C23H30N4O2. The third kappa shape index (κ3) is 4.70. The summed E-state index contributed by atoms with van der Waals surface area (Å²) in [6.07, 6.45) is 4.75. The zero-order valence-corrected chi connectivity index (χ0v) is 17.7. The van der Waals surface area contributed by atoms with Crippen LogP contribution in [-0.2, 0) is 13.0 Å². The number of hydrogen-bond acceptors (Lipinski definition) is 4. The van der Waals surface area contributed by atoms with E-state index < -0.39 is 0 Å². The predicted octanol–water partition coefficient (Wildman–Crippen LogP) is 4.07. The number of rotatable bonds is 9. The molecule has 0 fully saturated rings. The van der Waals surface area contributed by atoms with Crippen LogP contribution in [0.25, 0.3) is 5.65 Å². The Kier molecular flexibility index (Phi) is 6.75. The minimum atomic E-state index is -0.0455. The van der Waals surface area contributed by atoms with E-state index in [9.17, 15) is 4.79 Å². The number of unbranched alkanes of at least 4 members (excludes halogenated alkanes) is 1. The molecule has 0 aliphatic carbocycles. The summed E-state index contributed by atoms with van der Waals surface area (Å²) in [4.78, 5) is 19.4. The van der Waals surface area contributed by atoms with Gasteiger partial charge in [-0.1, -0.05) is 32.4 Å². The van der Waals surface area contributed by atoms with Crippen LogP contribution in [0.2, 0.25) is 0 Å². The maximum absolute atomic E-state index is 12.5. The minimum absolute atomic E-state index is 0.0455. The number of pyridine rings is 1. The number of aromatic nitrogens is 2. The maximum atomic E-state index is 12.5. The first kappa shape index (κ1) is 20.7. The zero-order valence-electron chi connectivity index (χ0n) is 17.7. The van der Waals surface area contributed by atoms with Crippen molar-refractivity contribution in [2.75, 3.05) is 25.6 Å². The molecule has 0 saturated heterocycles. The fourth-order valence-corrected chi connectivity index (χ4v) is 3.42. The molecule has 1 aromatic carbocycles. The molecule has 6 nitrogen and oxygen atoms in total. The lowest BCUT2D eigenvalue weighted by Crippen LogP contribution is -2.25. The lowest BCUT2D eigenvalue weighted by Gasteiger charge is -2.20. The van der Waals surface area contributed by atoms with Gasteiger partial charge in [-0.2, -0.15) is 0 Å². The van der Waals surface area contributed by atoms with Gasteiger partial charge < -0.3 is 15.0 Å². The molecule has 29 heavy (non-hydrogen) atoms. The highest BCUT2D eigenvalue weighted by Gasteiger charge is 2.17. The summed E-state index contributed by atoms with van der Waals surface area (Å²) in [5.41, 5.74) is 3.69. The van der Waals surface area contributed by atoms with Crippen LogP contribution >= 0.6 is 0 Å². The van der Waals surface area contributed by atoms with Crippen molar-refractivity contribution in [1.82, 2.24) is 14.7 Å². The van der Waals surface area contributed by atoms with E-state index in [1.54, 1.807) is 7.11 Å². The third-order valence-electron chi connectivity index (χ3n) is 5.02. The van der Waals surface area contributed by atoms with Gasteiger partial charge in [0.25, 0.3) is 5.91 Å². The second-order valence-electron chi connectivity index (χ2n) is 7.20. The van der Waals surface area contributed by atoms with Crippen molar-refractivity contribution in [2.45, 2.75) is 39.7 Å². The molecule has 0 saturated carbocycles. The van der Waals surface area contributed by atoms with Crippen molar-refractivity contribution in [1.29, 1.82) is 0 Å². The number of amides is 1. The van der Waals surface area contributed by atoms with Gasteiger partial charge in [-0.05, 0) is 42.7 Å². The van der Waals surface area contributed by atoms with Gasteiger partial charge in [0, 0.05) is 26.3 Å². The Morgan fingerprint density at radius 3 is 2.59 bits per heavy atom. The molecule has 2 aromatic heterocycles. The van der Waals surface area contributed by atoms with Gasteiger partial charge in [0.05, 0.1) is 18.4 Å². The normalized spacial score (nSPS) is 10.9. The van der Waals surface area contributed by atoms with E-state index in [0.29, 0.717) is 12.1 Å². The number of anilines is 1. The molecule has 6 heteroatoms. The van der Waals surface area contributed by atoms with Crippen LogP contribution in [-0.4, -0.2) is 36.0 Å². The van der Waals surface area contributed by atoms with Gasteiger partial charge in [-0.15, -0.1) is 0 Å². The summed E-state index contributed by atoms with van der Waals surface area (Å²) >= 11 is 0. The second-order valence-corrected chi connectivity index (χ2v) is 7.20. The molecule has 0 atom stereocenters. The van der Waals surface area contributed by atoms with Gasteiger partial charge in [-0.3, -0.25) is 9.20 Å². The first-order valence-corrected chi connectivity index (χ1v) is 10.2. The molecule has 0 aliphatic rings. The van der Waals surface area contributed by atoms with Crippen LogP contribution in [0.1, 0.15) is 48.3 Å². The number of fused-ring (bicyclic) bond motifs is 1. The van der Waals surface area contributed by atoms with Gasteiger partial charge >= 0.3 is 0 Å². The lowest BCUT2D eigenvalue weighted by molar-refractivity contribution is 0.0952. The molecule has 1 N–H and O–H groups in total. The number of aryl methyl sites for hydroxylation is 1. The fourth-order valence-electron chi connectivity index (χ4n) is 3.42. The second kappa shape index (κ2) is 9.45. The van der Waals surface area contributed by atoms with Crippen LogP contribution in [0.3, 0.4) is 0 Å². The molecule has 154 valence electrons. The van der Waals surface area contributed by atoms with Gasteiger partial charge in [0.1, 0.15) is 17.2 Å². The Morgan fingerprint density at radius 2 is 1.93 bits per heavy atom. The monoisotopic (exact) mass is 394 g/mol. The SMILES string of the molecule is CCCCNC(=O)c1ccc2nc(CC)c(N(C)Cc3ccc(OC)cc3)n2c1. The average Bonchev–Trinajstić information content (AvgIpc) is 3.12. The highest BCUT2D eigenvalue weighted by molar-refractivity contribution is 5.94. The number of carbonyl (C=O) groups excluding carboxylic acids is 1. The molecular weight excluding hydrogens is 364 g/mol. The number of nitrogens with zero attached hydrogens (tertiary/aromatic N) is 3. The lowest BCUT2D eigenvalue weighted by atomic mass is 10.2. The summed E-state index contributed by atoms with van der Waals surface area (Å²) in [6.45, 7) is 5.64. The Bertz CT molecular complexity index is 963. The topological polar surface area (TPSA) is 58.9 Å². The maximum Gasteiger partial charge on any atom is 0.252 e. The van der Waals surface area contributed by atoms with E-state index >= 15 is 0 Å². The van der Waals surface area contributed by atoms with Gasteiger partial charge in [0.2, 0.25) is 0 Å². The van der Waals surface area contributed by atoms with E-state index in [1.807, 2.05) is 34.9 Å². The molecule has 2 heterocycles. The van der Waals surface area contributed by atoms with Crippen LogP contribution in [0.15, 0.2) is 42.6 Å². The number of methoxy groups -OCH3 is 1. The average molecular weight is 395 g/mol. The van der Waals surface area contributed by atoms with Crippen molar-refractivity contribution < 1.29 is 9.53 Å². The fraction of sp³-hybridized carbons (Fsp3) is 0.391. The highest BCUT2D eigenvalue weighted by Crippen LogP contribution is 2.25. The Labute approximate surface area is 172 Å². The molecule has 0 spiro atoms. The molecule has 1 amide bonds. The largest absolute Gasteiger partial charge is 0.497 e. The summed E-state index contributed by atoms with van der Waals surface area (Å²) in [5, 5.41) is 2.99. The van der Waals surface area contributed by atoms with Gasteiger partial charge in [0.15, 0.2) is 0 Å². The van der Waals surface area contributed by atoms with Crippen molar-refractivity contribution in [3.05, 3.63) is 59.4 Å². The van der Waals surface area contributed by atoms with E-state index in [-0.39, 0.29) is 5.91 Å². The number of benzene rings is 1. The van der Waals surface area contributed by atoms with Crippen molar-refractivity contribution in [2.24, 2.45) is 0 Å². The molecule has 3 aromatic rings. The quantitative estimate of drug-likeness (QED) is 0.556. The molecule has 0 bridgehead atoms. The molecule has 0 aliphatic heterocycles. The van der Waals surface area contributed by atoms with Crippen molar-refractivity contribution in [3.63, 3.8) is 0 Å². The number of carbonyl (C=O) groups is 1. The minimum Gasteiger partial charge on any atom is -0.497 e. The Hall–Kier alpha value is -3.02. The molecule has 0 unspecified atom stereocenters. The van der Waals surface area contributed by atoms with Crippen LogP contribution in [0.4, 0.5) is 5.82 Å². The first-order chi connectivity index (χ1) is 14.1. The standard InChI is InChI=1S/C23H30N4O2/c1-5-7-14-24-22(28)18-10-13-21-25-20(6-2)23(27(21)16-18)26(3)15-17-8-11-19(29-4)12-9-17/h8-13,16H,5-7,14-15H2,1-4H3,(H,24,28). The van der Waals surface area contributed by atoms with Crippen molar-refractivity contribution in [3.8, 4) is 5.75 Å². The molecule has 3 rings (SSSR count). The van der Waals surface area contributed by atoms with E-state index in [4.69, 9.17) is 9.72 Å². The molecule has 0 radical (unpaired) electrons. The third-order valence-corrected chi connectivity index (χ3v) is 5.02. The Morgan fingerprint density at radius 1 is 1.17 bits per heavy atom. The summed E-state index contributed by atoms with van der Waals surface area (Å²) in [6, 6.07) is 11.8. The van der Waals surface area contributed by atoms with Crippen molar-refractivity contribution >= 4 is 17.4 Å². The number of hydrogen-bond donors (Lipinski definition) is 1. The van der Waals surface area contributed by atoms with E-state index in [0.717, 1.165) is 48.7 Å². The zero-order chi connectivity index (χ0) is 20.8. The van der Waals surface area contributed by atoms with Gasteiger partial charge in [-0.25, -0.2) is 4.98 Å². The number of imidazole rings is 1. The summed E-state index contributed by atoms with van der Waals surface area (Å²) in [7, 11) is 3.73. The Balaban J connectivity index is 1.89. The van der Waals surface area contributed by atoms with Crippen LogP contribution in [0.5, 0.6) is 5.75 Å². The summed E-state index contributed by atoms with van der Waals surface area (Å²) < 4.78 is 7.27.